The predicted molar refractivity (Wildman–Crippen MR) is 69.4 cm³/mol. The molecule has 1 heteroatoms. The number of carbonyl (C=O) groups is 1. The molecule has 1 rings (SSSR count). The van der Waals surface area contributed by atoms with Crippen LogP contribution in [-0.4, -0.2) is 5.78 Å². The Labute approximate surface area is 101 Å². The summed E-state index contributed by atoms with van der Waals surface area (Å²) in [5.41, 5.74) is 0. The van der Waals surface area contributed by atoms with E-state index in [2.05, 4.69) is 13.8 Å². The summed E-state index contributed by atoms with van der Waals surface area (Å²) < 4.78 is 0. The Morgan fingerprint density at radius 1 is 1.00 bits per heavy atom. The van der Waals surface area contributed by atoms with Crippen LogP contribution in [0.3, 0.4) is 0 Å². The quantitative estimate of drug-likeness (QED) is 0.670. The highest BCUT2D eigenvalue weighted by Gasteiger charge is 2.21. The van der Waals surface area contributed by atoms with Gasteiger partial charge in [-0.15, -0.1) is 0 Å². The summed E-state index contributed by atoms with van der Waals surface area (Å²) in [7, 11) is 0. The average molecular weight is 224 g/mol. The Kier molecular flexibility index (Phi) is 6.08. The standard InChI is InChI=1S/C15H28O/c1-4-15(16)14-9-7-5-6-8-12(2)10-13(3)11-14/h12-14H,4-11H2,1-3H3. The summed E-state index contributed by atoms with van der Waals surface area (Å²) in [6.45, 7) is 6.71. The average Bonchev–Trinajstić information content (AvgIpc) is 2.25. The minimum atomic E-state index is 0.366. The van der Waals surface area contributed by atoms with Gasteiger partial charge in [-0.2, -0.15) is 0 Å². The van der Waals surface area contributed by atoms with E-state index in [9.17, 15) is 4.79 Å². The molecule has 1 saturated carbocycles. The molecule has 0 aliphatic heterocycles. The number of Topliss-reactive ketones (excluding diaryl/α,β-unsaturated/α-hetero) is 1. The van der Waals surface area contributed by atoms with E-state index in [0.717, 1.165) is 31.1 Å². The van der Waals surface area contributed by atoms with Gasteiger partial charge in [-0.3, -0.25) is 4.79 Å². The molecular formula is C15H28O. The Bertz CT molecular complexity index is 209. The molecular weight excluding hydrogens is 196 g/mol. The zero-order chi connectivity index (χ0) is 12.0. The largest absolute Gasteiger partial charge is 0.299 e. The lowest BCUT2D eigenvalue weighted by molar-refractivity contribution is -0.123. The van der Waals surface area contributed by atoms with Gasteiger partial charge in [-0.05, 0) is 31.1 Å². The number of hydrogen-bond acceptors (Lipinski definition) is 1. The van der Waals surface area contributed by atoms with Gasteiger partial charge in [0.1, 0.15) is 5.78 Å². The molecule has 0 saturated heterocycles. The molecule has 16 heavy (non-hydrogen) atoms. The predicted octanol–water partition coefficient (Wildman–Crippen LogP) is 4.60. The van der Waals surface area contributed by atoms with Gasteiger partial charge in [0, 0.05) is 12.3 Å². The van der Waals surface area contributed by atoms with E-state index in [1.54, 1.807) is 0 Å². The number of hydrogen-bond donors (Lipinski definition) is 0. The number of rotatable bonds is 2. The maximum atomic E-state index is 11.9. The molecule has 94 valence electrons. The van der Waals surface area contributed by atoms with Crippen molar-refractivity contribution < 1.29 is 4.79 Å². The molecule has 0 aromatic carbocycles. The van der Waals surface area contributed by atoms with Gasteiger partial charge in [0.15, 0.2) is 0 Å². The van der Waals surface area contributed by atoms with Crippen molar-refractivity contribution in [3.8, 4) is 0 Å². The Morgan fingerprint density at radius 2 is 1.69 bits per heavy atom. The first-order valence-electron chi connectivity index (χ1n) is 7.16. The van der Waals surface area contributed by atoms with Crippen molar-refractivity contribution in [3.63, 3.8) is 0 Å². The molecule has 3 atom stereocenters. The van der Waals surface area contributed by atoms with E-state index < -0.39 is 0 Å². The van der Waals surface area contributed by atoms with Gasteiger partial charge in [0.2, 0.25) is 0 Å². The Morgan fingerprint density at radius 3 is 2.38 bits per heavy atom. The lowest BCUT2D eigenvalue weighted by atomic mass is 9.81. The molecule has 1 aliphatic rings. The smallest absolute Gasteiger partial charge is 0.135 e. The molecule has 1 aliphatic carbocycles. The van der Waals surface area contributed by atoms with Crippen molar-refractivity contribution in [3.05, 3.63) is 0 Å². The van der Waals surface area contributed by atoms with E-state index in [-0.39, 0.29) is 0 Å². The lowest BCUT2D eigenvalue weighted by Gasteiger charge is -2.24. The zero-order valence-electron chi connectivity index (χ0n) is 11.3. The minimum absolute atomic E-state index is 0.366. The van der Waals surface area contributed by atoms with Crippen LogP contribution in [-0.2, 0) is 4.79 Å². The molecule has 0 N–H and O–H groups in total. The van der Waals surface area contributed by atoms with Crippen LogP contribution in [0.1, 0.15) is 72.1 Å². The van der Waals surface area contributed by atoms with E-state index in [1.165, 1.54) is 32.1 Å². The molecule has 3 unspecified atom stereocenters. The van der Waals surface area contributed by atoms with Crippen LogP contribution < -0.4 is 0 Å². The van der Waals surface area contributed by atoms with Crippen molar-refractivity contribution in [2.75, 3.05) is 0 Å². The summed E-state index contributed by atoms with van der Waals surface area (Å²) in [5, 5.41) is 0. The maximum Gasteiger partial charge on any atom is 0.135 e. The summed E-state index contributed by atoms with van der Waals surface area (Å²) in [4.78, 5) is 11.9. The zero-order valence-corrected chi connectivity index (χ0v) is 11.3. The van der Waals surface area contributed by atoms with Crippen LogP contribution in [0.4, 0.5) is 0 Å². The second kappa shape index (κ2) is 7.09. The summed E-state index contributed by atoms with van der Waals surface area (Å²) >= 11 is 0. The van der Waals surface area contributed by atoms with E-state index in [0.29, 0.717) is 11.7 Å². The third kappa shape index (κ3) is 4.67. The van der Waals surface area contributed by atoms with Crippen molar-refractivity contribution in [2.24, 2.45) is 17.8 Å². The highest BCUT2D eigenvalue weighted by molar-refractivity contribution is 5.80. The number of carbonyl (C=O) groups excluding carboxylic acids is 1. The van der Waals surface area contributed by atoms with Crippen molar-refractivity contribution in [1.82, 2.24) is 0 Å². The van der Waals surface area contributed by atoms with Crippen LogP contribution >= 0.6 is 0 Å². The fraction of sp³-hybridized carbons (Fsp3) is 0.933. The lowest BCUT2D eigenvalue weighted by Crippen LogP contribution is -2.19. The minimum Gasteiger partial charge on any atom is -0.299 e. The van der Waals surface area contributed by atoms with Crippen LogP contribution in [0.5, 0.6) is 0 Å². The molecule has 0 spiro atoms. The van der Waals surface area contributed by atoms with Crippen LogP contribution in [0.2, 0.25) is 0 Å². The van der Waals surface area contributed by atoms with Gasteiger partial charge in [-0.1, -0.05) is 46.5 Å². The Balaban J connectivity index is 2.53. The second-order valence-corrected chi connectivity index (χ2v) is 5.84. The second-order valence-electron chi connectivity index (χ2n) is 5.84. The summed E-state index contributed by atoms with van der Waals surface area (Å²) in [6, 6.07) is 0. The van der Waals surface area contributed by atoms with Crippen LogP contribution in [0, 0.1) is 17.8 Å². The monoisotopic (exact) mass is 224 g/mol. The van der Waals surface area contributed by atoms with Gasteiger partial charge in [0.05, 0.1) is 0 Å². The van der Waals surface area contributed by atoms with Crippen LogP contribution in [0.25, 0.3) is 0 Å². The first-order chi connectivity index (χ1) is 7.63. The maximum absolute atomic E-state index is 11.9. The summed E-state index contributed by atoms with van der Waals surface area (Å²) in [5.74, 6) is 2.45. The first-order valence-corrected chi connectivity index (χ1v) is 7.16. The molecule has 0 radical (unpaired) electrons. The SMILES string of the molecule is CCC(=O)C1CCCCCC(C)CC(C)C1. The fourth-order valence-electron chi connectivity index (χ4n) is 3.15. The molecule has 1 nitrogen and oxygen atoms in total. The van der Waals surface area contributed by atoms with Crippen LogP contribution in [0.15, 0.2) is 0 Å². The van der Waals surface area contributed by atoms with E-state index in [4.69, 9.17) is 0 Å². The van der Waals surface area contributed by atoms with Gasteiger partial charge in [0.25, 0.3) is 0 Å². The normalized spacial score (nSPS) is 33.3. The highest BCUT2D eigenvalue weighted by atomic mass is 16.1. The van der Waals surface area contributed by atoms with Gasteiger partial charge < -0.3 is 0 Å². The van der Waals surface area contributed by atoms with Crippen molar-refractivity contribution in [2.45, 2.75) is 72.1 Å². The van der Waals surface area contributed by atoms with E-state index >= 15 is 0 Å². The van der Waals surface area contributed by atoms with Gasteiger partial charge >= 0.3 is 0 Å². The van der Waals surface area contributed by atoms with E-state index in [1.807, 2.05) is 6.92 Å². The molecule has 0 heterocycles. The highest BCUT2D eigenvalue weighted by Crippen LogP contribution is 2.29. The topological polar surface area (TPSA) is 17.1 Å². The van der Waals surface area contributed by atoms with Crippen molar-refractivity contribution in [1.29, 1.82) is 0 Å². The summed E-state index contributed by atoms with van der Waals surface area (Å²) in [6.07, 6.45) is 9.66. The third-order valence-corrected chi connectivity index (χ3v) is 4.04. The first kappa shape index (κ1) is 13.7. The molecule has 0 bridgehead atoms. The van der Waals surface area contributed by atoms with Crippen molar-refractivity contribution >= 4 is 5.78 Å². The van der Waals surface area contributed by atoms with Gasteiger partial charge in [-0.25, -0.2) is 0 Å². The molecule has 1 fully saturated rings. The molecule has 0 amide bonds. The number of ketones is 1. The molecule has 0 aromatic heterocycles. The molecule has 0 aromatic rings. The Hall–Kier alpha value is -0.330. The fourth-order valence-corrected chi connectivity index (χ4v) is 3.15. The third-order valence-electron chi connectivity index (χ3n) is 4.04.